The summed E-state index contributed by atoms with van der Waals surface area (Å²) in [5.41, 5.74) is 1.15. The lowest BCUT2D eigenvalue weighted by molar-refractivity contribution is -0.0504. The zero-order valence-electron chi connectivity index (χ0n) is 14.4. The fourth-order valence-corrected chi connectivity index (χ4v) is 2.48. The van der Waals surface area contributed by atoms with E-state index < -0.39 is 12.6 Å². The lowest BCUT2D eigenvalue weighted by Crippen LogP contribution is -2.28. The van der Waals surface area contributed by atoms with Crippen molar-refractivity contribution in [2.75, 3.05) is 17.2 Å². The van der Waals surface area contributed by atoms with E-state index >= 15 is 0 Å². The first-order valence-electron chi connectivity index (χ1n) is 8.22. The van der Waals surface area contributed by atoms with Crippen LogP contribution in [0.25, 0.3) is 10.9 Å². The molecule has 0 aliphatic carbocycles. The van der Waals surface area contributed by atoms with Gasteiger partial charge in [-0.05, 0) is 13.0 Å². The normalized spacial score (nSPS) is 10.8. The number of amides is 2. The first-order valence-corrected chi connectivity index (χ1v) is 8.22. The number of anilines is 2. The Morgan fingerprint density at radius 3 is 2.93 bits per heavy atom. The number of hydrogen-bond donors (Lipinski definition) is 4. The third-order valence-electron chi connectivity index (χ3n) is 3.66. The predicted molar refractivity (Wildman–Crippen MR) is 97.0 cm³/mol. The molecule has 0 radical (unpaired) electrons. The van der Waals surface area contributed by atoms with Crippen LogP contribution in [0.2, 0.25) is 0 Å². The molecule has 1 aromatic carbocycles. The number of nitrogens with one attached hydrogen (secondary N) is 4. The van der Waals surface area contributed by atoms with Crippen LogP contribution in [0.15, 0.2) is 36.5 Å². The molecular formula is C17H18F2N6O2. The number of aromatic amines is 1. The summed E-state index contributed by atoms with van der Waals surface area (Å²) in [6.45, 7) is -0.235. The summed E-state index contributed by atoms with van der Waals surface area (Å²) < 4.78 is 29.3. The van der Waals surface area contributed by atoms with Crippen molar-refractivity contribution in [2.45, 2.75) is 20.1 Å². The van der Waals surface area contributed by atoms with E-state index in [2.05, 4.69) is 35.9 Å². The number of aromatic nitrogens is 3. The number of H-pyrrole nitrogens is 1. The van der Waals surface area contributed by atoms with Gasteiger partial charge < -0.3 is 15.4 Å². The van der Waals surface area contributed by atoms with Gasteiger partial charge in [0.05, 0.1) is 10.9 Å². The van der Waals surface area contributed by atoms with E-state index in [1.165, 1.54) is 6.07 Å². The number of nitrogens with zero attached hydrogens (tertiary/aromatic N) is 2. The lowest BCUT2D eigenvalue weighted by Gasteiger charge is -2.11. The van der Waals surface area contributed by atoms with Crippen molar-refractivity contribution in [3.05, 3.63) is 42.1 Å². The molecule has 8 nitrogen and oxygen atoms in total. The molecule has 0 aliphatic heterocycles. The number of rotatable bonds is 7. The van der Waals surface area contributed by atoms with Crippen molar-refractivity contribution < 1.29 is 18.3 Å². The van der Waals surface area contributed by atoms with E-state index in [1.54, 1.807) is 30.5 Å². The lowest BCUT2D eigenvalue weighted by atomic mass is 10.2. The van der Waals surface area contributed by atoms with E-state index in [4.69, 9.17) is 0 Å². The second-order valence-electron chi connectivity index (χ2n) is 5.51. The van der Waals surface area contributed by atoms with Crippen molar-refractivity contribution in [1.82, 2.24) is 20.5 Å². The molecule has 3 rings (SSSR count). The van der Waals surface area contributed by atoms with Gasteiger partial charge in [0.2, 0.25) is 0 Å². The third-order valence-corrected chi connectivity index (χ3v) is 3.66. The minimum Gasteiger partial charge on any atom is -0.434 e. The Morgan fingerprint density at radius 2 is 2.15 bits per heavy atom. The average molecular weight is 376 g/mol. The van der Waals surface area contributed by atoms with Crippen molar-refractivity contribution in [3.8, 4) is 5.75 Å². The van der Waals surface area contributed by atoms with Gasteiger partial charge >= 0.3 is 12.6 Å². The van der Waals surface area contributed by atoms with Gasteiger partial charge in [0.25, 0.3) is 0 Å². The molecule has 142 valence electrons. The van der Waals surface area contributed by atoms with Crippen LogP contribution in [-0.4, -0.2) is 34.4 Å². The number of urea groups is 1. The summed E-state index contributed by atoms with van der Waals surface area (Å²) in [6, 6.07) is 7.37. The number of halogens is 2. The molecular weight excluding hydrogens is 358 g/mol. The largest absolute Gasteiger partial charge is 0.434 e. The molecule has 2 heterocycles. The molecule has 10 heteroatoms. The highest BCUT2D eigenvalue weighted by atomic mass is 19.3. The van der Waals surface area contributed by atoms with Crippen LogP contribution in [0.5, 0.6) is 5.75 Å². The van der Waals surface area contributed by atoms with E-state index in [1.807, 2.05) is 6.92 Å². The second-order valence-corrected chi connectivity index (χ2v) is 5.51. The number of pyridine rings is 1. The van der Waals surface area contributed by atoms with Crippen LogP contribution in [0, 0.1) is 0 Å². The first-order chi connectivity index (χ1) is 13.1. The topological polar surface area (TPSA) is 104 Å². The van der Waals surface area contributed by atoms with Gasteiger partial charge in [0.15, 0.2) is 5.82 Å². The molecule has 4 N–H and O–H groups in total. The van der Waals surface area contributed by atoms with Gasteiger partial charge in [-0.3, -0.25) is 10.4 Å². The Balaban J connectivity index is 1.62. The molecule has 0 fully saturated rings. The third kappa shape index (κ3) is 4.60. The van der Waals surface area contributed by atoms with E-state index in [9.17, 15) is 13.6 Å². The zero-order chi connectivity index (χ0) is 19.2. The SMILES string of the molecule is CCNc1n[nH]c2cc(NC(=O)NCc3ccccc3OC(F)F)ncc12. The summed E-state index contributed by atoms with van der Waals surface area (Å²) in [4.78, 5) is 16.3. The smallest absolute Gasteiger partial charge is 0.387 e. The number of benzene rings is 1. The molecule has 2 aromatic heterocycles. The molecule has 0 saturated carbocycles. The van der Waals surface area contributed by atoms with Gasteiger partial charge in [-0.1, -0.05) is 18.2 Å². The van der Waals surface area contributed by atoms with Gasteiger partial charge in [0, 0.05) is 30.9 Å². The van der Waals surface area contributed by atoms with Crippen LogP contribution in [0.4, 0.5) is 25.2 Å². The molecule has 27 heavy (non-hydrogen) atoms. The minimum atomic E-state index is -2.93. The van der Waals surface area contributed by atoms with Crippen LogP contribution in [-0.2, 0) is 6.54 Å². The first kappa shape index (κ1) is 18.4. The van der Waals surface area contributed by atoms with Crippen LogP contribution >= 0.6 is 0 Å². The molecule has 0 bridgehead atoms. The number of hydrogen-bond acceptors (Lipinski definition) is 5. The monoisotopic (exact) mass is 376 g/mol. The molecule has 0 aliphatic rings. The summed E-state index contributed by atoms with van der Waals surface area (Å²) in [6.07, 6.45) is 1.60. The zero-order valence-corrected chi connectivity index (χ0v) is 14.4. The quantitative estimate of drug-likeness (QED) is 0.506. The molecule has 2 amide bonds. The van der Waals surface area contributed by atoms with E-state index in [0.717, 1.165) is 11.9 Å². The maximum Gasteiger partial charge on any atom is 0.387 e. The average Bonchev–Trinajstić information content (AvgIpc) is 3.03. The molecule has 0 spiro atoms. The Hall–Kier alpha value is -3.43. The number of fused-ring (bicyclic) bond motifs is 1. The van der Waals surface area contributed by atoms with Crippen molar-refractivity contribution in [2.24, 2.45) is 0 Å². The Morgan fingerprint density at radius 1 is 1.33 bits per heavy atom. The summed E-state index contributed by atoms with van der Waals surface area (Å²) in [5.74, 6) is 1.02. The van der Waals surface area contributed by atoms with Crippen LogP contribution in [0.3, 0.4) is 0 Å². The van der Waals surface area contributed by atoms with Crippen molar-refractivity contribution in [3.63, 3.8) is 0 Å². The number of ether oxygens (including phenoxy) is 1. The fourth-order valence-electron chi connectivity index (χ4n) is 2.48. The maximum atomic E-state index is 12.4. The van der Waals surface area contributed by atoms with Crippen LogP contribution < -0.4 is 20.7 Å². The fraction of sp³-hybridized carbons (Fsp3) is 0.235. The number of para-hydroxylation sites is 1. The molecule has 0 atom stereocenters. The number of alkyl halides is 2. The van der Waals surface area contributed by atoms with Crippen molar-refractivity contribution in [1.29, 1.82) is 0 Å². The maximum absolute atomic E-state index is 12.4. The number of carbonyl (C=O) groups excluding carboxylic acids is 1. The van der Waals surface area contributed by atoms with Crippen molar-refractivity contribution >= 4 is 28.6 Å². The second kappa shape index (κ2) is 8.30. The Kier molecular flexibility index (Phi) is 5.64. The van der Waals surface area contributed by atoms with Gasteiger partial charge in [-0.15, -0.1) is 0 Å². The Labute approximate surface area is 153 Å². The predicted octanol–water partition coefficient (Wildman–Crippen LogP) is 3.31. The van der Waals surface area contributed by atoms with Gasteiger partial charge in [0.1, 0.15) is 11.6 Å². The highest BCUT2D eigenvalue weighted by Gasteiger charge is 2.11. The summed E-state index contributed by atoms with van der Waals surface area (Å²) >= 11 is 0. The van der Waals surface area contributed by atoms with Gasteiger partial charge in [-0.25, -0.2) is 9.78 Å². The standard InChI is InChI=1S/C17H18F2N6O2/c1-2-20-15-11-9-21-14(7-12(11)24-25-15)23-17(26)22-8-10-5-3-4-6-13(10)27-16(18)19/h3-7,9,16H,2,8H2,1H3,(H2,20,24,25)(H2,21,22,23,26). The highest BCUT2D eigenvalue weighted by molar-refractivity contribution is 5.94. The Bertz CT molecular complexity index is 931. The van der Waals surface area contributed by atoms with E-state index in [0.29, 0.717) is 22.7 Å². The molecule has 0 unspecified atom stereocenters. The summed E-state index contributed by atoms with van der Waals surface area (Å²) in [7, 11) is 0. The number of carbonyl (C=O) groups is 1. The van der Waals surface area contributed by atoms with Crippen LogP contribution in [0.1, 0.15) is 12.5 Å². The highest BCUT2D eigenvalue weighted by Crippen LogP contribution is 2.22. The van der Waals surface area contributed by atoms with Gasteiger partial charge in [-0.2, -0.15) is 13.9 Å². The minimum absolute atomic E-state index is 0.0146. The molecule has 3 aromatic rings. The summed E-state index contributed by atoms with van der Waals surface area (Å²) in [5, 5.41) is 16.1. The molecule has 0 saturated heterocycles. The van der Waals surface area contributed by atoms with E-state index in [-0.39, 0.29) is 12.3 Å².